The van der Waals surface area contributed by atoms with Crippen molar-refractivity contribution in [1.29, 1.82) is 0 Å². The van der Waals surface area contributed by atoms with Crippen LogP contribution in [0.2, 0.25) is 0 Å². The molecule has 2 aromatic rings. The number of carbonyl (C=O) groups excluding carboxylic acids is 1. The summed E-state index contributed by atoms with van der Waals surface area (Å²) in [6.45, 7) is 6.00. The molecule has 2 rings (SSSR count). The van der Waals surface area contributed by atoms with Crippen molar-refractivity contribution in [1.82, 2.24) is 9.78 Å². The second-order valence-corrected chi connectivity index (χ2v) is 5.76. The van der Waals surface area contributed by atoms with Gasteiger partial charge in [0.05, 0.1) is 23.0 Å². The topological polar surface area (TPSA) is 60.9 Å². The normalized spacial score (nSPS) is 11.6. The van der Waals surface area contributed by atoms with Gasteiger partial charge in [0.1, 0.15) is 5.82 Å². The standard InChI is InChI=1S/C15H18FN3O/c1-15(2,3)19-13(12(9-18-19)14(17)20)8-10-4-6-11(16)7-5-10/h4-7,9H,8H2,1-3H3,(H2,17,20). The maximum absolute atomic E-state index is 12.9. The van der Waals surface area contributed by atoms with Crippen LogP contribution < -0.4 is 5.73 Å². The van der Waals surface area contributed by atoms with Gasteiger partial charge in [0, 0.05) is 6.42 Å². The Morgan fingerprint density at radius 3 is 2.40 bits per heavy atom. The Labute approximate surface area is 117 Å². The second-order valence-electron chi connectivity index (χ2n) is 5.76. The number of aromatic nitrogens is 2. The molecule has 1 aromatic carbocycles. The molecule has 0 aliphatic heterocycles. The van der Waals surface area contributed by atoms with Crippen molar-refractivity contribution in [2.45, 2.75) is 32.7 Å². The minimum Gasteiger partial charge on any atom is -0.365 e. The zero-order valence-electron chi connectivity index (χ0n) is 11.9. The number of rotatable bonds is 3. The summed E-state index contributed by atoms with van der Waals surface area (Å²) in [4.78, 5) is 11.5. The molecule has 1 aromatic heterocycles. The number of amides is 1. The van der Waals surface area contributed by atoms with Gasteiger partial charge in [-0.15, -0.1) is 0 Å². The van der Waals surface area contributed by atoms with Crippen LogP contribution in [0.25, 0.3) is 0 Å². The average molecular weight is 275 g/mol. The van der Waals surface area contributed by atoms with E-state index in [1.807, 2.05) is 20.8 Å². The van der Waals surface area contributed by atoms with Crippen LogP contribution in [0, 0.1) is 5.82 Å². The van der Waals surface area contributed by atoms with Crippen LogP contribution in [0.1, 0.15) is 42.4 Å². The molecular formula is C15H18FN3O. The van der Waals surface area contributed by atoms with E-state index in [2.05, 4.69) is 5.10 Å². The summed E-state index contributed by atoms with van der Waals surface area (Å²) >= 11 is 0. The first-order valence-corrected chi connectivity index (χ1v) is 6.40. The van der Waals surface area contributed by atoms with Gasteiger partial charge >= 0.3 is 0 Å². The predicted octanol–water partition coefficient (Wildman–Crippen LogP) is 2.47. The quantitative estimate of drug-likeness (QED) is 0.935. The van der Waals surface area contributed by atoms with Crippen LogP contribution in [-0.2, 0) is 12.0 Å². The lowest BCUT2D eigenvalue weighted by atomic mass is 10.0. The predicted molar refractivity (Wildman–Crippen MR) is 74.9 cm³/mol. The molecule has 0 aliphatic rings. The van der Waals surface area contributed by atoms with E-state index in [0.29, 0.717) is 12.0 Å². The molecule has 1 heterocycles. The molecule has 1 amide bonds. The summed E-state index contributed by atoms with van der Waals surface area (Å²) in [5.74, 6) is -0.786. The van der Waals surface area contributed by atoms with Crippen molar-refractivity contribution < 1.29 is 9.18 Å². The van der Waals surface area contributed by atoms with Gasteiger partial charge < -0.3 is 5.73 Å². The molecule has 0 bridgehead atoms. The lowest BCUT2D eigenvalue weighted by Gasteiger charge is -2.23. The summed E-state index contributed by atoms with van der Waals surface area (Å²) in [6, 6.07) is 6.19. The highest BCUT2D eigenvalue weighted by molar-refractivity contribution is 5.93. The molecule has 0 atom stereocenters. The summed E-state index contributed by atoms with van der Waals surface area (Å²) in [7, 11) is 0. The Kier molecular flexibility index (Phi) is 3.61. The van der Waals surface area contributed by atoms with Crippen molar-refractivity contribution in [3.8, 4) is 0 Å². The first-order valence-electron chi connectivity index (χ1n) is 6.40. The van der Waals surface area contributed by atoms with Gasteiger partial charge in [0.25, 0.3) is 5.91 Å². The smallest absolute Gasteiger partial charge is 0.252 e. The van der Waals surface area contributed by atoms with E-state index in [1.165, 1.54) is 18.3 Å². The van der Waals surface area contributed by atoms with E-state index in [1.54, 1.807) is 16.8 Å². The van der Waals surface area contributed by atoms with E-state index in [4.69, 9.17) is 5.73 Å². The summed E-state index contributed by atoms with van der Waals surface area (Å²) in [5.41, 5.74) is 7.19. The number of hydrogen-bond donors (Lipinski definition) is 1. The Bertz CT molecular complexity index is 624. The fraction of sp³-hybridized carbons (Fsp3) is 0.333. The van der Waals surface area contributed by atoms with Crippen LogP contribution in [0.5, 0.6) is 0 Å². The summed E-state index contributed by atoms with van der Waals surface area (Å²) in [6.07, 6.45) is 1.97. The minimum absolute atomic E-state index is 0.261. The minimum atomic E-state index is -0.502. The average Bonchev–Trinajstić information content (AvgIpc) is 2.75. The summed E-state index contributed by atoms with van der Waals surface area (Å²) < 4.78 is 14.7. The van der Waals surface area contributed by atoms with Crippen LogP contribution in [0.15, 0.2) is 30.5 Å². The lowest BCUT2D eigenvalue weighted by molar-refractivity contribution is 0.0999. The molecule has 106 valence electrons. The van der Waals surface area contributed by atoms with Gasteiger partial charge in [-0.25, -0.2) is 4.39 Å². The third-order valence-corrected chi connectivity index (χ3v) is 3.05. The number of nitrogens with two attached hydrogens (primary N) is 1. The molecule has 5 heteroatoms. The van der Waals surface area contributed by atoms with Gasteiger partial charge in [0.2, 0.25) is 0 Å². The Balaban J connectivity index is 2.45. The molecule has 0 fully saturated rings. The van der Waals surface area contributed by atoms with E-state index in [9.17, 15) is 9.18 Å². The third kappa shape index (κ3) is 2.87. The Hall–Kier alpha value is -2.17. The first-order chi connectivity index (χ1) is 9.29. The van der Waals surface area contributed by atoms with Gasteiger partial charge in [-0.3, -0.25) is 9.48 Å². The van der Waals surface area contributed by atoms with Gasteiger partial charge in [-0.2, -0.15) is 5.10 Å². The molecule has 0 saturated heterocycles. The van der Waals surface area contributed by atoms with Crippen molar-refractivity contribution in [2.75, 3.05) is 0 Å². The maximum atomic E-state index is 12.9. The molecule has 0 unspecified atom stereocenters. The van der Waals surface area contributed by atoms with Crippen LogP contribution in [0.4, 0.5) is 4.39 Å². The van der Waals surface area contributed by atoms with Crippen LogP contribution >= 0.6 is 0 Å². The second kappa shape index (κ2) is 5.07. The highest BCUT2D eigenvalue weighted by Crippen LogP contribution is 2.22. The highest BCUT2D eigenvalue weighted by atomic mass is 19.1. The number of carbonyl (C=O) groups is 1. The SMILES string of the molecule is CC(C)(C)n1ncc(C(N)=O)c1Cc1ccc(F)cc1. The molecular weight excluding hydrogens is 257 g/mol. The van der Waals surface area contributed by atoms with Crippen LogP contribution in [0.3, 0.4) is 0 Å². The van der Waals surface area contributed by atoms with Gasteiger partial charge in [-0.1, -0.05) is 12.1 Å². The number of hydrogen-bond acceptors (Lipinski definition) is 2. The van der Waals surface area contributed by atoms with Crippen molar-refractivity contribution >= 4 is 5.91 Å². The number of halogens is 1. The van der Waals surface area contributed by atoms with Gasteiger partial charge in [-0.05, 0) is 38.5 Å². The fourth-order valence-corrected chi connectivity index (χ4v) is 2.12. The van der Waals surface area contributed by atoms with Crippen molar-refractivity contribution in [2.24, 2.45) is 5.73 Å². The molecule has 0 radical (unpaired) electrons. The van der Waals surface area contributed by atoms with Crippen molar-refractivity contribution in [3.05, 3.63) is 53.1 Å². The van der Waals surface area contributed by atoms with Crippen molar-refractivity contribution in [3.63, 3.8) is 0 Å². The first kappa shape index (κ1) is 14.2. The molecule has 0 saturated carbocycles. The zero-order valence-corrected chi connectivity index (χ0v) is 11.9. The molecule has 0 aliphatic carbocycles. The third-order valence-electron chi connectivity index (χ3n) is 3.05. The molecule has 0 spiro atoms. The lowest BCUT2D eigenvalue weighted by Crippen LogP contribution is -2.26. The fourth-order valence-electron chi connectivity index (χ4n) is 2.12. The highest BCUT2D eigenvalue weighted by Gasteiger charge is 2.23. The van der Waals surface area contributed by atoms with E-state index in [-0.39, 0.29) is 11.4 Å². The molecule has 4 nitrogen and oxygen atoms in total. The van der Waals surface area contributed by atoms with Gasteiger partial charge in [0.15, 0.2) is 0 Å². The number of benzene rings is 1. The van der Waals surface area contributed by atoms with E-state index >= 15 is 0 Å². The van der Waals surface area contributed by atoms with Crippen LogP contribution in [-0.4, -0.2) is 15.7 Å². The number of primary amides is 1. The maximum Gasteiger partial charge on any atom is 0.252 e. The summed E-state index contributed by atoms with van der Waals surface area (Å²) in [5, 5.41) is 4.26. The number of nitrogens with zero attached hydrogens (tertiary/aromatic N) is 2. The monoisotopic (exact) mass is 275 g/mol. The van der Waals surface area contributed by atoms with E-state index < -0.39 is 5.91 Å². The molecule has 2 N–H and O–H groups in total. The Morgan fingerprint density at radius 2 is 1.90 bits per heavy atom. The largest absolute Gasteiger partial charge is 0.365 e. The zero-order chi connectivity index (χ0) is 14.9. The van der Waals surface area contributed by atoms with E-state index in [0.717, 1.165) is 11.3 Å². The Morgan fingerprint density at radius 1 is 1.30 bits per heavy atom. The molecule has 20 heavy (non-hydrogen) atoms.